The molecule has 3 aromatic rings. The average molecular weight is 431 g/mol. The molecule has 0 saturated carbocycles. The average Bonchev–Trinajstić information content (AvgIpc) is 3.06. The number of thioether (sulfide) groups is 1. The molecule has 0 radical (unpaired) electrons. The summed E-state index contributed by atoms with van der Waals surface area (Å²) < 4.78 is 7.72. The lowest BCUT2D eigenvalue weighted by Gasteiger charge is -2.14. The Morgan fingerprint density at radius 2 is 1.93 bits per heavy atom. The molecular formula is C21H23ClN4O2S. The second-order valence-electron chi connectivity index (χ2n) is 6.52. The third-order valence-corrected chi connectivity index (χ3v) is 6.05. The Hall–Kier alpha value is -2.51. The van der Waals surface area contributed by atoms with E-state index in [0.29, 0.717) is 34.7 Å². The van der Waals surface area contributed by atoms with E-state index in [-0.39, 0.29) is 11.2 Å². The molecule has 1 amide bonds. The van der Waals surface area contributed by atoms with Crippen molar-refractivity contribution in [2.75, 3.05) is 5.32 Å². The minimum absolute atomic E-state index is 0.0828. The summed E-state index contributed by atoms with van der Waals surface area (Å²) in [6.45, 7) is 4.28. The summed E-state index contributed by atoms with van der Waals surface area (Å²) in [5.41, 5.74) is 1.78. The van der Waals surface area contributed by atoms with E-state index in [1.165, 1.54) is 11.8 Å². The molecule has 6 nitrogen and oxygen atoms in total. The van der Waals surface area contributed by atoms with Crippen LogP contribution in [0.25, 0.3) is 0 Å². The van der Waals surface area contributed by atoms with Crippen LogP contribution in [0.5, 0.6) is 5.75 Å². The fraction of sp³-hybridized carbons (Fsp3) is 0.286. The topological polar surface area (TPSA) is 69.0 Å². The Bertz CT molecular complexity index is 975. The molecule has 0 fully saturated rings. The Balaban J connectivity index is 1.63. The zero-order valence-corrected chi connectivity index (χ0v) is 18.1. The maximum atomic E-state index is 12.7. The number of para-hydroxylation sites is 1. The summed E-state index contributed by atoms with van der Waals surface area (Å²) in [5.74, 6) is 1.43. The Morgan fingerprint density at radius 3 is 2.62 bits per heavy atom. The smallest absolute Gasteiger partial charge is 0.237 e. The summed E-state index contributed by atoms with van der Waals surface area (Å²) in [4.78, 5) is 12.7. The van der Waals surface area contributed by atoms with Gasteiger partial charge in [-0.25, -0.2) is 0 Å². The number of halogens is 1. The van der Waals surface area contributed by atoms with Crippen molar-refractivity contribution in [2.45, 2.75) is 37.3 Å². The molecule has 1 heterocycles. The molecule has 1 atom stereocenters. The molecule has 1 N–H and O–H groups in total. The number of amides is 1. The lowest BCUT2D eigenvalue weighted by molar-refractivity contribution is -0.115. The van der Waals surface area contributed by atoms with Gasteiger partial charge in [0, 0.05) is 17.8 Å². The molecule has 0 aliphatic rings. The van der Waals surface area contributed by atoms with Gasteiger partial charge in [-0.05, 0) is 49.2 Å². The van der Waals surface area contributed by atoms with Crippen molar-refractivity contribution in [3.05, 3.63) is 64.9 Å². The minimum Gasteiger partial charge on any atom is -0.485 e. The quantitative estimate of drug-likeness (QED) is 0.516. The summed E-state index contributed by atoms with van der Waals surface area (Å²) in [7, 11) is 1.88. The lowest BCUT2D eigenvalue weighted by Crippen LogP contribution is -2.25. The van der Waals surface area contributed by atoms with Gasteiger partial charge in [0.1, 0.15) is 12.4 Å². The summed E-state index contributed by atoms with van der Waals surface area (Å²) in [6.07, 6.45) is 0.659. The molecule has 1 unspecified atom stereocenters. The van der Waals surface area contributed by atoms with E-state index in [9.17, 15) is 4.79 Å². The van der Waals surface area contributed by atoms with Gasteiger partial charge in [0.05, 0.1) is 5.25 Å². The molecule has 29 heavy (non-hydrogen) atoms. The molecule has 0 saturated heterocycles. The first kappa shape index (κ1) is 21.2. The van der Waals surface area contributed by atoms with Gasteiger partial charge in [0.25, 0.3) is 0 Å². The molecule has 2 aromatic carbocycles. The van der Waals surface area contributed by atoms with Gasteiger partial charge in [-0.2, -0.15) is 0 Å². The molecule has 3 rings (SSSR count). The second-order valence-corrected chi connectivity index (χ2v) is 8.13. The van der Waals surface area contributed by atoms with E-state index >= 15 is 0 Å². The molecule has 0 spiro atoms. The number of carbonyl (C=O) groups excluding carboxylic acids is 1. The van der Waals surface area contributed by atoms with Crippen LogP contribution < -0.4 is 10.1 Å². The van der Waals surface area contributed by atoms with Crippen molar-refractivity contribution in [1.82, 2.24) is 14.8 Å². The summed E-state index contributed by atoms with van der Waals surface area (Å²) in [5, 5.41) is 12.4. The zero-order valence-electron chi connectivity index (χ0n) is 16.6. The molecule has 152 valence electrons. The summed E-state index contributed by atoms with van der Waals surface area (Å²) >= 11 is 7.28. The largest absolute Gasteiger partial charge is 0.485 e. The van der Waals surface area contributed by atoms with Crippen LogP contribution in [-0.2, 0) is 18.4 Å². The van der Waals surface area contributed by atoms with E-state index in [2.05, 4.69) is 15.5 Å². The number of anilines is 1. The Morgan fingerprint density at radius 1 is 1.21 bits per heavy atom. The van der Waals surface area contributed by atoms with Gasteiger partial charge in [0.2, 0.25) is 5.91 Å². The predicted molar refractivity (Wildman–Crippen MR) is 117 cm³/mol. The standard InChI is InChI=1S/C21H23ClN4O2S/c1-4-18(20(27)23-16-11-9-15(22)10-12-16)29-21-25-24-19(26(21)3)13-28-17-8-6-5-7-14(17)2/h5-12,18H,4,13H2,1-3H3,(H,23,27). The van der Waals surface area contributed by atoms with Crippen LogP contribution in [0.1, 0.15) is 24.7 Å². The van der Waals surface area contributed by atoms with Gasteiger partial charge < -0.3 is 14.6 Å². The normalized spacial score (nSPS) is 11.9. The lowest BCUT2D eigenvalue weighted by atomic mass is 10.2. The fourth-order valence-electron chi connectivity index (χ4n) is 2.64. The number of carbonyl (C=O) groups is 1. The highest BCUT2D eigenvalue weighted by Crippen LogP contribution is 2.26. The minimum atomic E-state index is -0.293. The van der Waals surface area contributed by atoms with Crippen LogP contribution in [0.15, 0.2) is 53.7 Å². The van der Waals surface area contributed by atoms with Gasteiger partial charge in [-0.1, -0.05) is 48.5 Å². The predicted octanol–water partition coefficient (Wildman–Crippen LogP) is 4.87. The number of aromatic nitrogens is 3. The molecule has 8 heteroatoms. The number of hydrogen-bond donors (Lipinski definition) is 1. The number of ether oxygens (including phenoxy) is 1. The highest BCUT2D eigenvalue weighted by atomic mass is 35.5. The van der Waals surface area contributed by atoms with Crippen LogP contribution in [-0.4, -0.2) is 25.9 Å². The van der Waals surface area contributed by atoms with Crippen molar-refractivity contribution >= 4 is 35.0 Å². The van der Waals surface area contributed by atoms with Crippen LogP contribution in [0.3, 0.4) is 0 Å². The second kappa shape index (κ2) is 9.80. The van der Waals surface area contributed by atoms with E-state index in [1.807, 2.05) is 49.7 Å². The molecule has 0 bridgehead atoms. The highest BCUT2D eigenvalue weighted by Gasteiger charge is 2.22. The van der Waals surface area contributed by atoms with Crippen molar-refractivity contribution in [1.29, 1.82) is 0 Å². The SMILES string of the molecule is CCC(Sc1nnc(COc2ccccc2C)n1C)C(=O)Nc1ccc(Cl)cc1. The summed E-state index contributed by atoms with van der Waals surface area (Å²) in [6, 6.07) is 14.9. The van der Waals surface area contributed by atoms with Crippen molar-refractivity contribution < 1.29 is 9.53 Å². The first-order valence-electron chi connectivity index (χ1n) is 9.27. The van der Waals surface area contributed by atoms with Crippen LogP contribution >= 0.6 is 23.4 Å². The fourth-order valence-corrected chi connectivity index (χ4v) is 3.70. The number of benzene rings is 2. The van der Waals surface area contributed by atoms with E-state index in [4.69, 9.17) is 16.3 Å². The van der Waals surface area contributed by atoms with Crippen LogP contribution in [0.4, 0.5) is 5.69 Å². The third kappa shape index (κ3) is 5.52. The number of nitrogens with one attached hydrogen (secondary N) is 1. The van der Waals surface area contributed by atoms with Crippen molar-refractivity contribution in [2.24, 2.45) is 7.05 Å². The zero-order chi connectivity index (χ0) is 20.8. The maximum Gasteiger partial charge on any atom is 0.237 e. The van der Waals surface area contributed by atoms with Crippen LogP contribution in [0, 0.1) is 6.92 Å². The van der Waals surface area contributed by atoms with Gasteiger partial charge in [-0.3, -0.25) is 4.79 Å². The third-order valence-electron chi connectivity index (χ3n) is 4.40. The first-order valence-corrected chi connectivity index (χ1v) is 10.5. The molecule has 1 aromatic heterocycles. The Labute approximate surface area is 179 Å². The van der Waals surface area contributed by atoms with Gasteiger partial charge in [0.15, 0.2) is 11.0 Å². The number of rotatable bonds is 8. The van der Waals surface area contributed by atoms with E-state index in [1.54, 1.807) is 24.3 Å². The van der Waals surface area contributed by atoms with Gasteiger partial charge >= 0.3 is 0 Å². The van der Waals surface area contributed by atoms with Crippen molar-refractivity contribution in [3.8, 4) is 5.75 Å². The maximum absolute atomic E-state index is 12.7. The number of hydrogen-bond acceptors (Lipinski definition) is 5. The number of aryl methyl sites for hydroxylation is 1. The number of nitrogens with zero attached hydrogens (tertiary/aromatic N) is 3. The molecular weight excluding hydrogens is 408 g/mol. The first-order chi connectivity index (χ1) is 14.0. The van der Waals surface area contributed by atoms with Crippen molar-refractivity contribution in [3.63, 3.8) is 0 Å². The Kier molecular flexibility index (Phi) is 7.17. The van der Waals surface area contributed by atoms with E-state index in [0.717, 1.165) is 11.3 Å². The molecule has 0 aliphatic carbocycles. The highest BCUT2D eigenvalue weighted by molar-refractivity contribution is 8.00. The van der Waals surface area contributed by atoms with Crippen LogP contribution in [0.2, 0.25) is 5.02 Å². The van der Waals surface area contributed by atoms with E-state index < -0.39 is 0 Å². The monoisotopic (exact) mass is 430 g/mol. The molecule has 0 aliphatic heterocycles. The van der Waals surface area contributed by atoms with Gasteiger partial charge in [-0.15, -0.1) is 10.2 Å².